The number of benzene rings is 2. The fourth-order valence-corrected chi connectivity index (χ4v) is 1.94. The van der Waals surface area contributed by atoms with Crippen molar-refractivity contribution in [2.75, 3.05) is 6.61 Å². The molecular weight excluding hydrogens is 316 g/mol. The molecule has 0 heterocycles. The van der Waals surface area contributed by atoms with Crippen LogP contribution in [0.3, 0.4) is 0 Å². The zero-order chi connectivity index (χ0) is 18.1. The minimum absolute atomic E-state index is 0.398. The minimum Gasteiger partial charge on any atom is -0.490 e. The van der Waals surface area contributed by atoms with Crippen LogP contribution in [-0.4, -0.2) is 18.4 Å². The third-order valence-corrected chi connectivity index (χ3v) is 3.29. The lowest BCUT2D eigenvalue weighted by Gasteiger charge is -2.07. The van der Waals surface area contributed by atoms with Gasteiger partial charge in [-0.15, -0.1) is 0 Å². The second-order valence-corrected chi connectivity index (χ2v) is 5.31. The predicted octanol–water partition coefficient (Wildman–Crippen LogP) is 3.03. The summed E-state index contributed by atoms with van der Waals surface area (Å²) < 4.78 is 5.34. The van der Waals surface area contributed by atoms with Crippen LogP contribution in [0, 0.1) is 6.92 Å². The summed E-state index contributed by atoms with van der Waals surface area (Å²) in [5.74, 6) is -0.186. The van der Waals surface area contributed by atoms with Crippen LogP contribution in [0.25, 0.3) is 6.08 Å². The Hall–Kier alpha value is -3.34. The highest BCUT2D eigenvalue weighted by Gasteiger charge is 2.06. The van der Waals surface area contributed by atoms with Crippen LogP contribution < -0.4 is 15.6 Å². The summed E-state index contributed by atoms with van der Waals surface area (Å²) >= 11 is 0. The minimum atomic E-state index is -0.417. The lowest BCUT2D eigenvalue weighted by atomic mass is 10.1. The topological polar surface area (TPSA) is 67.4 Å². The Morgan fingerprint density at radius 3 is 2.36 bits per heavy atom. The Labute approximate surface area is 147 Å². The van der Waals surface area contributed by atoms with E-state index in [1.165, 1.54) is 6.08 Å². The second-order valence-electron chi connectivity index (χ2n) is 5.31. The van der Waals surface area contributed by atoms with E-state index in [9.17, 15) is 9.59 Å². The monoisotopic (exact) mass is 336 g/mol. The van der Waals surface area contributed by atoms with Crippen molar-refractivity contribution in [2.24, 2.45) is 0 Å². The Balaban J connectivity index is 1.83. The van der Waals surface area contributed by atoms with Crippen LogP contribution in [0.5, 0.6) is 5.75 Å². The SMILES string of the molecule is C=CCOc1ccc(C(=O)NNC(=O)C=Cc2ccc(C)cc2)cc1. The summed E-state index contributed by atoms with van der Waals surface area (Å²) in [4.78, 5) is 23.7. The van der Waals surface area contributed by atoms with E-state index in [2.05, 4.69) is 17.4 Å². The predicted molar refractivity (Wildman–Crippen MR) is 98.0 cm³/mol. The number of hydrazine groups is 1. The van der Waals surface area contributed by atoms with E-state index in [1.807, 2.05) is 31.2 Å². The average Bonchev–Trinajstić information content (AvgIpc) is 2.64. The number of nitrogens with one attached hydrogen (secondary N) is 2. The van der Waals surface area contributed by atoms with Crippen LogP contribution in [0.2, 0.25) is 0 Å². The first-order chi connectivity index (χ1) is 12.1. The van der Waals surface area contributed by atoms with Crippen molar-refractivity contribution in [3.8, 4) is 5.75 Å². The van der Waals surface area contributed by atoms with Gasteiger partial charge in [0.15, 0.2) is 0 Å². The Morgan fingerprint density at radius 1 is 1.04 bits per heavy atom. The van der Waals surface area contributed by atoms with E-state index < -0.39 is 11.8 Å². The molecule has 0 atom stereocenters. The van der Waals surface area contributed by atoms with Crippen LogP contribution in [0.1, 0.15) is 21.5 Å². The van der Waals surface area contributed by atoms with Crippen molar-refractivity contribution in [1.29, 1.82) is 0 Å². The molecule has 0 unspecified atom stereocenters. The average molecular weight is 336 g/mol. The van der Waals surface area contributed by atoms with Crippen molar-refractivity contribution in [1.82, 2.24) is 10.9 Å². The third kappa shape index (κ3) is 5.99. The lowest BCUT2D eigenvalue weighted by Crippen LogP contribution is -2.40. The van der Waals surface area contributed by atoms with Gasteiger partial charge in [-0.1, -0.05) is 42.5 Å². The molecule has 128 valence electrons. The molecule has 0 aliphatic heterocycles. The molecular formula is C20H20N2O3. The van der Waals surface area contributed by atoms with E-state index in [4.69, 9.17) is 4.74 Å². The van der Waals surface area contributed by atoms with E-state index in [1.54, 1.807) is 36.4 Å². The summed E-state index contributed by atoms with van der Waals surface area (Å²) in [5, 5.41) is 0. The van der Waals surface area contributed by atoms with Crippen LogP contribution in [0.15, 0.2) is 67.3 Å². The Morgan fingerprint density at radius 2 is 1.72 bits per heavy atom. The van der Waals surface area contributed by atoms with E-state index in [-0.39, 0.29) is 0 Å². The number of hydrogen-bond acceptors (Lipinski definition) is 3. The molecule has 0 saturated heterocycles. The van der Waals surface area contributed by atoms with Gasteiger partial charge in [-0.2, -0.15) is 0 Å². The number of carbonyl (C=O) groups excluding carboxylic acids is 2. The highest BCUT2D eigenvalue weighted by molar-refractivity contribution is 5.97. The van der Waals surface area contributed by atoms with Crippen molar-refractivity contribution < 1.29 is 14.3 Å². The number of rotatable bonds is 6. The maximum absolute atomic E-state index is 12.0. The molecule has 2 amide bonds. The first kappa shape index (κ1) is 18.0. The molecule has 5 heteroatoms. The number of hydrogen-bond donors (Lipinski definition) is 2. The molecule has 0 bridgehead atoms. The van der Waals surface area contributed by atoms with Gasteiger partial charge in [0.2, 0.25) is 0 Å². The highest BCUT2D eigenvalue weighted by atomic mass is 16.5. The molecule has 25 heavy (non-hydrogen) atoms. The quantitative estimate of drug-likeness (QED) is 0.484. The summed E-state index contributed by atoms with van der Waals surface area (Å²) in [6.45, 7) is 5.96. The van der Waals surface area contributed by atoms with Gasteiger partial charge < -0.3 is 4.74 Å². The van der Waals surface area contributed by atoms with Crippen molar-refractivity contribution >= 4 is 17.9 Å². The smallest absolute Gasteiger partial charge is 0.269 e. The Bertz CT molecular complexity index is 763. The standard InChI is InChI=1S/C20H20N2O3/c1-3-14-25-18-11-9-17(10-12-18)20(24)22-21-19(23)13-8-16-6-4-15(2)5-7-16/h3-13H,1,14H2,2H3,(H,21,23)(H,22,24). The molecule has 0 fully saturated rings. The fourth-order valence-electron chi connectivity index (χ4n) is 1.94. The van der Waals surface area contributed by atoms with Gasteiger partial charge in [-0.25, -0.2) is 0 Å². The molecule has 2 rings (SSSR count). The van der Waals surface area contributed by atoms with Gasteiger partial charge >= 0.3 is 0 Å². The molecule has 0 saturated carbocycles. The van der Waals surface area contributed by atoms with Gasteiger partial charge in [0.1, 0.15) is 12.4 Å². The summed E-state index contributed by atoms with van der Waals surface area (Å²) in [5.41, 5.74) is 7.17. The molecule has 0 aliphatic rings. The van der Waals surface area contributed by atoms with Gasteiger partial charge in [0, 0.05) is 11.6 Å². The van der Waals surface area contributed by atoms with Gasteiger partial charge in [-0.05, 0) is 42.8 Å². The number of amides is 2. The first-order valence-electron chi connectivity index (χ1n) is 7.77. The lowest BCUT2D eigenvalue weighted by molar-refractivity contribution is -0.117. The molecule has 0 aliphatic carbocycles. The fraction of sp³-hybridized carbons (Fsp3) is 0.100. The largest absolute Gasteiger partial charge is 0.490 e. The number of carbonyl (C=O) groups is 2. The van der Waals surface area contributed by atoms with E-state index in [0.717, 1.165) is 11.1 Å². The van der Waals surface area contributed by atoms with Crippen molar-refractivity contribution in [3.05, 3.63) is 84.0 Å². The number of ether oxygens (including phenoxy) is 1. The molecule has 2 aromatic rings. The van der Waals surface area contributed by atoms with Crippen LogP contribution >= 0.6 is 0 Å². The maximum atomic E-state index is 12.0. The highest BCUT2D eigenvalue weighted by Crippen LogP contribution is 2.12. The second kappa shape index (κ2) is 9.08. The normalized spacial score (nSPS) is 10.3. The molecule has 2 N–H and O–H groups in total. The van der Waals surface area contributed by atoms with E-state index in [0.29, 0.717) is 17.9 Å². The molecule has 5 nitrogen and oxygen atoms in total. The van der Waals surface area contributed by atoms with Gasteiger partial charge in [-0.3, -0.25) is 20.4 Å². The zero-order valence-electron chi connectivity index (χ0n) is 14.0. The van der Waals surface area contributed by atoms with E-state index >= 15 is 0 Å². The summed E-state index contributed by atoms with van der Waals surface area (Å²) in [6.07, 6.45) is 4.67. The molecule has 0 spiro atoms. The first-order valence-corrected chi connectivity index (χ1v) is 7.77. The maximum Gasteiger partial charge on any atom is 0.269 e. The summed E-state index contributed by atoms with van der Waals surface area (Å²) in [7, 11) is 0. The van der Waals surface area contributed by atoms with Gasteiger partial charge in [0.25, 0.3) is 11.8 Å². The van der Waals surface area contributed by atoms with Crippen LogP contribution in [0.4, 0.5) is 0 Å². The zero-order valence-corrected chi connectivity index (χ0v) is 14.0. The van der Waals surface area contributed by atoms with Crippen molar-refractivity contribution in [2.45, 2.75) is 6.92 Å². The Kier molecular flexibility index (Phi) is 6.54. The summed E-state index contributed by atoms with van der Waals surface area (Å²) in [6, 6.07) is 14.3. The van der Waals surface area contributed by atoms with Crippen LogP contribution in [-0.2, 0) is 4.79 Å². The molecule has 2 aromatic carbocycles. The number of aryl methyl sites for hydroxylation is 1. The molecule has 0 radical (unpaired) electrons. The molecule has 0 aromatic heterocycles. The van der Waals surface area contributed by atoms with Crippen molar-refractivity contribution in [3.63, 3.8) is 0 Å². The third-order valence-electron chi connectivity index (χ3n) is 3.29. The van der Waals surface area contributed by atoms with Gasteiger partial charge in [0.05, 0.1) is 0 Å².